The molecule has 3 heterocycles. The van der Waals surface area contributed by atoms with Crippen molar-refractivity contribution in [3.63, 3.8) is 0 Å². The Morgan fingerprint density at radius 1 is 1.17 bits per heavy atom. The summed E-state index contributed by atoms with van der Waals surface area (Å²) in [6.45, 7) is 0.468. The third kappa shape index (κ3) is 2.80. The van der Waals surface area contributed by atoms with Crippen molar-refractivity contribution in [2.24, 2.45) is 10.3 Å². The van der Waals surface area contributed by atoms with Crippen LogP contribution in [0.25, 0.3) is 11.0 Å². The lowest BCUT2D eigenvalue weighted by molar-refractivity contribution is 0.276. The number of nitrogens with one attached hydrogen (secondary N) is 1. The van der Waals surface area contributed by atoms with Crippen LogP contribution in [0, 0.1) is 5.92 Å². The number of anilines is 1. The van der Waals surface area contributed by atoms with Gasteiger partial charge in [0.05, 0.1) is 11.1 Å². The highest BCUT2D eigenvalue weighted by atomic mass is 32.2. The summed E-state index contributed by atoms with van der Waals surface area (Å²) in [6, 6.07) is 9.63. The molecule has 148 valence electrons. The van der Waals surface area contributed by atoms with Crippen LogP contribution in [0.1, 0.15) is 24.8 Å². The minimum Gasteiger partial charge on any atom is -0.506 e. The van der Waals surface area contributed by atoms with Crippen molar-refractivity contribution in [3.8, 4) is 5.75 Å². The molecule has 9 heteroatoms. The Kier molecular flexibility index (Phi) is 3.95. The van der Waals surface area contributed by atoms with Gasteiger partial charge in [-0.25, -0.2) is 4.98 Å². The molecule has 0 amide bonds. The predicted octanol–water partition coefficient (Wildman–Crippen LogP) is 2.46. The first-order chi connectivity index (χ1) is 14.0. The lowest BCUT2D eigenvalue weighted by atomic mass is 9.85. The summed E-state index contributed by atoms with van der Waals surface area (Å²) in [5.41, 5.74) is 0.0165. The average molecular weight is 410 g/mol. The molecule has 0 bridgehead atoms. The van der Waals surface area contributed by atoms with E-state index in [0.717, 1.165) is 19.3 Å². The Bertz CT molecular complexity index is 1340. The first-order valence-electron chi connectivity index (χ1n) is 9.37. The first kappa shape index (κ1) is 17.9. The van der Waals surface area contributed by atoms with Gasteiger partial charge in [0, 0.05) is 12.7 Å². The third-order valence-electron chi connectivity index (χ3n) is 5.53. The maximum absolute atomic E-state index is 13.3. The van der Waals surface area contributed by atoms with Crippen molar-refractivity contribution in [1.82, 2.24) is 9.55 Å². The fourth-order valence-electron chi connectivity index (χ4n) is 3.80. The van der Waals surface area contributed by atoms with E-state index in [4.69, 9.17) is 0 Å². The van der Waals surface area contributed by atoms with Gasteiger partial charge in [0.25, 0.3) is 15.6 Å². The van der Waals surface area contributed by atoms with Crippen molar-refractivity contribution in [1.29, 1.82) is 0 Å². The van der Waals surface area contributed by atoms with Gasteiger partial charge in [0.2, 0.25) is 0 Å². The van der Waals surface area contributed by atoms with E-state index in [1.54, 1.807) is 36.5 Å². The smallest absolute Gasteiger partial charge is 0.286 e. The zero-order chi connectivity index (χ0) is 20.2. The molecule has 29 heavy (non-hydrogen) atoms. The first-order valence-corrected chi connectivity index (χ1v) is 10.8. The van der Waals surface area contributed by atoms with Crippen molar-refractivity contribution >= 4 is 32.6 Å². The van der Waals surface area contributed by atoms with Gasteiger partial charge in [-0.1, -0.05) is 18.6 Å². The molecule has 1 aliphatic carbocycles. The Labute approximate surface area is 166 Å². The van der Waals surface area contributed by atoms with Crippen LogP contribution in [0.5, 0.6) is 5.75 Å². The molecule has 2 aliphatic rings. The molecular formula is C20H18N4O4S. The number of nitrogens with zero attached hydrogens (tertiary/aromatic N) is 3. The highest BCUT2D eigenvalue weighted by Crippen LogP contribution is 2.33. The van der Waals surface area contributed by atoms with Gasteiger partial charge in [-0.15, -0.1) is 4.40 Å². The molecule has 2 N–H and O–H groups in total. The molecule has 1 aliphatic heterocycles. The Morgan fingerprint density at radius 2 is 1.97 bits per heavy atom. The van der Waals surface area contributed by atoms with E-state index in [1.807, 2.05) is 0 Å². The standard InChI is InChI=1S/C20H18N4O4S/c25-17-13-7-4-10-21-19(13)24(11-12-5-3-6-12)20(26)16(17)18-22-14-8-1-2-9-15(14)29(27,28)23-18/h1-2,4,7-10,12,25H,3,5-6,11H2,(H,22,23). The minimum atomic E-state index is -4.00. The molecule has 2 aromatic heterocycles. The molecular weight excluding hydrogens is 392 g/mol. The fraction of sp³-hybridized carbons (Fsp3) is 0.250. The van der Waals surface area contributed by atoms with E-state index in [1.165, 1.54) is 10.6 Å². The second-order valence-electron chi connectivity index (χ2n) is 7.35. The van der Waals surface area contributed by atoms with Crippen LogP contribution in [0.4, 0.5) is 5.69 Å². The summed E-state index contributed by atoms with van der Waals surface area (Å²) >= 11 is 0. The number of sulfonamides is 1. The number of aromatic nitrogens is 2. The predicted molar refractivity (Wildman–Crippen MR) is 109 cm³/mol. The van der Waals surface area contributed by atoms with Crippen molar-refractivity contribution in [3.05, 3.63) is 58.5 Å². The van der Waals surface area contributed by atoms with Gasteiger partial charge in [0.1, 0.15) is 21.9 Å². The zero-order valence-electron chi connectivity index (χ0n) is 15.4. The summed E-state index contributed by atoms with van der Waals surface area (Å²) in [5.74, 6) is -0.149. The number of amidine groups is 1. The molecule has 1 aromatic carbocycles. The van der Waals surface area contributed by atoms with E-state index >= 15 is 0 Å². The maximum Gasteiger partial charge on any atom is 0.286 e. The number of rotatable bonds is 3. The number of pyridine rings is 2. The number of hydrogen-bond acceptors (Lipinski definition) is 6. The van der Waals surface area contributed by atoms with Gasteiger partial charge in [-0.3, -0.25) is 9.36 Å². The van der Waals surface area contributed by atoms with Gasteiger partial charge in [0.15, 0.2) is 5.84 Å². The number of aromatic hydroxyl groups is 1. The topological polar surface area (TPSA) is 114 Å². The van der Waals surface area contributed by atoms with E-state index in [2.05, 4.69) is 14.7 Å². The maximum atomic E-state index is 13.3. The lowest BCUT2D eigenvalue weighted by Gasteiger charge is -2.27. The molecule has 0 unspecified atom stereocenters. The van der Waals surface area contributed by atoms with E-state index < -0.39 is 15.6 Å². The van der Waals surface area contributed by atoms with Crippen LogP contribution in [0.2, 0.25) is 0 Å². The number of para-hydroxylation sites is 1. The normalized spacial score (nSPS) is 17.9. The number of benzene rings is 1. The van der Waals surface area contributed by atoms with Crippen molar-refractivity contribution in [2.75, 3.05) is 5.32 Å². The quantitative estimate of drug-likeness (QED) is 0.686. The Morgan fingerprint density at radius 3 is 2.72 bits per heavy atom. The largest absolute Gasteiger partial charge is 0.506 e. The van der Waals surface area contributed by atoms with Crippen LogP contribution in [0.15, 0.2) is 56.7 Å². The average Bonchev–Trinajstić information content (AvgIpc) is 2.66. The van der Waals surface area contributed by atoms with Crippen LogP contribution in [-0.2, 0) is 16.6 Å². The molecule has 0 saturated heterocycles. The highest BCUT2D eigenvalue weighted by molar-refractivity contribution is 7.90. The minimum absolute atomic E-state index is 0.0282. The summed E-state index contributed by atoms with van der Waals surface area (Å²) in [6.07, 6.45) is 4.74. The van der Waals surface area contributed by atoms with Crippen molar-refractivity contribution in [2.45, 2.75) is 30.7 Å². The van der Waals surface area contributed by atoms with Gasteiger partial charge < -0.3 is 10.4 Å². The summed E-state index contributed by atoms with van der Waals surface area (Å²) in [5, 5.41) is 14.1. The molecule has 1 saturated carbocycles. The van der Waals surface area contributed by atoms with E-state index in [0.29, 0.717) is 29.2 Å². The number of fused-ring (bicyclic) bond motifs is 2. The van der Waals surface area contributed by atoms with Gasteiger partial charge in [-0.05, 0) is 43.0 Å². The summed E-state index contributed by atoms with van der Waals surface area (Å²) in [7, 11) is -4.00. The van der Waals surface area contributed by atoms with Gasteiger partial charge in [-0.2, -0.15) is 8.42 Å². The van der Waals surface area contributed by atoms with E-state index in [-0.39, 0.29) is 22.0 Å². The molecule has 0 radical (unpaired) electrons. The summed E-state index contributed by atoms with van der Waals surface area (Å²) < 4.78 is 30.6. The monoisotopic (exact) mass is 410 g/mol. The SMILES string of the molecule is O=c1c(C2=NS(=O)(=O)c3ccccc3N2)c(O)c2cccnc2n1CC1CCC1. The molecule has 5 rings (SSSR count). The fourth-order valence-corrected chi connectivity index (χ4v) is 4.93. The van der Waals surface area contributed by atoms with E-state index in [9.17, 15) is 18.3 Å². The lowest BCUT2D eigenvalue weighted by Crippen LogP contribution is -2.35. The van der Waals surface area contributed by atoms with Gasteiger partial charge >= 0.3 is 0 Å². The molecule has 1 fully saturated rings. The molecule has 3 aromatic rings. The summed E-state index contributed by atoms with van der Waals surface area (Å²) in [4.78, 5) is 17.7. The molecule has 0 atom stereocenters. The van der Waals surface area contributed by atoms with Crippen LogP contribution in [0.3, 0.4) is 0 Å². The Hall–Kier alpha value is -3.20. The molecule has 8 nitrogen and oxygen atoms in total. The number of hydrogen-bond donors (Lipinski definition) is 2. The Balaban J connectivity index is 1.76. The van der Waals surface area contributed by atoms with Crippen molar-refractivity contribution < 1.29 is 13.5 Å². The van der Waals surface area contributed by atoms with Crippen LogP contribution >= 0.6 is 0 Å². The van der Waals surface area contributed by atoms with Crippen LogP contribution < -0.4 is 10.9 Å². The molecule has 0 spiro atoms. The highest BCUT2D eigenvalue weighted by Gasteiger charge is 2.30. The third-order valence-corrected chi connectivity index (χ3v) is 6.86. The second kappa shape index (κ2) is 6.41. The second-order valence-corrected chi connectivity index (χ2v) is 8.92. The zero-order valence-corrected chi connectivity index (χ0v) is 16.2. The van der Waals surface area contributed by atoms with Crippen LogP contribution in [-0.4, -0.2) is 28.9 Å².